The van der Waals surface area contributed by atoms with Crippen LogP contribution in [0.15, 0.2) is 0 Å². The summed E-state index contributed by atoms with van der Waals surface area (Å²) in [4.78, 5) is 14.0. The summed E-state index contributed by atoms with van der Waals surface area (Å²) in [5, 5.41) is 2.97. The van der Waals surface area contributed by atoms with Crippen LogP contribution in [0, 0.1) is 0 Å². The molecule has 1 amide bonds. The molecule has 1 rings (SSSR count). The number of nitrogens with zero attached hydrogens (tertiary/aromatic N) is 1. The number of likely N-dealkylation sites (tertiary alicyclic amines) is 1. The Kier molecular flexibility index (Phi) is 4.59. The first-order valence-electron chi connectivity index (χ1n) is 5.62. The fourth-order valence-electron chi connectivity index (χ4n) is 1.76. The molecular formula is C11H21BrN2O. The van der Waals surface area contributed by atoms with Crippen molar-refractivity contribution in [3.63, 3.8) is 0 Å². The SMILES string of the molecule is CC(CNC(=O)C(C)(C)Br)N1CCCC1. The number of halogens is 1. The van der Waals surface area contributed by atoms with Crippen LogP contribution in [0.25, 0.3) is 0 Å². The van der Waals surface area contributed by atoms with Gasteiger partial charge in [-0.25, -0.2) is 0 Å². The summed E-state index contributed by atoms with van der Waals surface area (Å²) < 4.78 is -0.461. The molecule has 88 valence electrons. The van der Waals surface area contributed by atoms with Crippen molar-refractivity contribution < 1.29 is 4.79 Å². The van der Waals surface area contributed by atoms with E-state index < -0.39 is 4.32 Å². The number of carbonyl (C=O) groups excluding carboxylic acids is 1. The van der Waals surface area contributed by atoms with Gasteiger partial charge in [0.15, 0.2) is 0 Å². The Bertz CT molecular complexity index is 219. The molecule has 1 N–H and O–H groups in total. The lowest BCUT2D eigenvalue weighted by molar-refractivity contribution is -0.122. The van der Waals surface area contributed by atoms with Crippen LogP contribution in [0.3, 0.4) is 0 Å². The van der Waals surface area contributed by atoms with Crippen LogP contribution < -0.4 is 5.32 Å². The third-order valence-corrected chi connectivity index (χ3v) is 3.22. The van der Waals surface area contributed by atoms with E-state index >= 15 is 0 Å². The molecule has 0 aromatic carbocycles. The summed E-state index contributed by atoms with van der Waals surface area (Å²) in [5.41, 5.74) is 0. The second kappa shape index (κ2) is 5.30. The van der Waals surface area contributed by atoms with E-state index in [-0.39, 0.29) is 5.91 Å². The summed E-state index contributed by atoms with van der Waals surface area (Å²) in [7, 11) is 0. The molecule has 4 heteroatoms. The smallest absolute Gasteiger partial charge is 0.236 e. The normalized spacial score (nSPS) is 20.3. The van der Waals surface area contributed by atoms with Gasteiger partial charge in [-0.3, -0.25) is 9.69 Å². The fraction of sp³-hybridized carbons (Fsp3) is 0.909. The van der Waals surface area contributed by atoms with Crippen LogP contribution >= 0.6 is 15.9 Å². The molecule has 0 aromatic heterocycles. The number of hydrogen-bond acceptors (Lipinski definition) is 2. The van der Waals surface area contributed by atoms with Crippen molar-refractivity contribution in [3.8, 4) is 0 Å². The van der Waals surface area contributed by atoms with Crippen LogP contribution in [0.4, 0.5) is 0 Å². The maximum atomic E-state index is 11.6. The highest BCUT2D eigenvalue weighted by atomic mass is 79.9. The molecular weight excluding hydrogens is 256 g/mol. The molecule has 1 aliphatic rings. The highest BCUT2D eigenvalue weighted by Crippen LogP contribution is 2.16. The molecule has 0 radical (unpaired) electrons. The molecule has 0 bridgehead atoms. The van der Waals surface area contributed by atoms with Gasteiger partial charge in [-0.1, -0.05) is 15.9 Å². The van der Waals surface area contributed by atoms with Gasteiger partial charge in [-0.15, -0.1) is 0 Å². The first-order valence-corrected chi connectivity index (χ1v) is 6.42. The summed E-state index contributed by atoms with van der Waals surface area (Å²) in [6.45, 7) is 9.00. The molecule has 0 aliphatic carbocycles. The van der Waals surface area contributed by atoms with Crippen LogP contribution in [0.2, 0.25) is 0 Å². The van der Waals surface area contributed by atoms with Crippen LogP contribution in [0.1, 0.15) is 33.6 Å². The van der Waals surface area contributed by atoms with E-state index in [4.69, 9.17) is 0 Å². The molecule has 1 fully saturated rings. The standard InChI is InChI=1S/C11H21BrN2O/c1-9(14-6-4-5-7-14)8-13-10(15)11(2,3)12/h9H,4-8H2,1-3H3,(H,13,15). The first-order chi connectivity index (χ1) is 6.91. The molecule has 15 heavy (non-hydrogen) atoms. The van der Waals surface area contributed by atoms with Gasteiger partial charge in [0.2, 0.25) is 5.91 Å². The van der Waals surface area contributed by atoms with Crippen LogP contribution in [-0.2, 0) is 4.79 Å². The van der Waals surface area contributed by atoms with Gasteiger partial charge in [0, 0.05) is 12.6 Å². The number of carbonyl (C=O) groups is 1. The Labute approximate surface area is 101 Å². The third-order valence-electron chi connectivity index (χ3n) is 2.86. The van der Waals surface area contributed by atoms with Crippen LogP contribution in [-0.4, -0.2) is 40.8 Å². The number of alkyl halides is 1. The number of amides is 1. The summed E-state index contributed by atoms with van der Waals surface area (Å²) in [6, 6.07) is 0.450. The zero-order chi connectivity index (χ0) is 11.5. The van der Waals surface area contributed by atoms with Crippen molar-refractivity contribution in [1.29, 1.82) is 0 Å². The van der Waals surface area contributed by atoms with Crippen molar-refractivity contribution in [2.45, 2.75) is 44.0 Å². The molecule has 1 saturated heterocycles. The van der Waals surface area contributed by atoms with Gasteiger partial charge >= 0.3 is 0 Å². The highest BCUT2D eigenvalue weighted by molar-refractivity contribution is 9.10. The predicted octanol–water partition coefficient (Wildman–Crippen LogP) is 1.76. The fourth-order valence-corrected chi connectivity index (χ4v) is 1.90. The van der Waals surface area contributed by atoms with E-state index in [1.165, 1.54) is 25.9 Å². The van der Waals surface area contributed by atoms with E-state index in [2.05, 4.69) is 33.1 Å². The molecule has 1 atom stereocenters. The van der Waals surface area contributed by atoms with Gasteiger partial charge in [0.25, 0.3) is 0 Å². The van der Waals surface area contributed by atoms with E-state index in [0.717, 1.165) is 6.54 Å². The van der Waals surface area contributed by atoms with E-state index in [1.807, 2.05) is 13.8 Å². The second-order valence-corrected chi connectivity index (χ2v) is 6.76. The Hall–Kier alpha value is -0.0900. The van der Waals surface area contributed by atoms with Crippen molar-refractivity contribution in [1.82, 2.24) is 10.2 Å². The minimum Gasteiger partial charge on any atom is -0.353 e. The van der Waals surface area contributed by atoms with Gasteiger partial charge in [0.1, 0.15) is 0 Å². The summed E-state index contributed by atoms with van der Waals surface area (Å²) in [5.74, 6) is 0.0635. The Morgan fingerprint density at radius 1 is 1.47 bits per heavy atom. The summed E-state index contributed by atoms with van der Waals surface area (Å²) >= 11 is 3.35. The first kappa shape index (κ1) is 13.0. The van der Waals surface area contributed by atoms with Crippen molar-refractivity contribution >= 4 is 21.8 Å². The highest BCUT2D eigenvalue weighted by Gasteiger charge is 2.25. The number of nitrogens with one attached hydrogen (secondary N) is 1. The minimum absolute atomic E-state index is 0.0635. The third kappa shape index (κ3) is 4.11. The van der Waals surface area contributed by atoms with Gasteiger partial charge in [0.05, 0.1) is 4.32 Å². The average Bonchev–Trinajstić information content (AvgIpc) is 2.64. The topological polar surface area (TPSA) is 32.3 Å². The quantitative estimate of drug-likeness (QED) is 0.794. The molecule has 3 nitrogen and oxygen atoms in total. The molecule has 1 heterocycles. The lowest BCUT2D eigenvalue weighted by Gasteiger charge is -2.25. The van der Waals surface area contributed by atoms with E-state index in [1.54, 1.807) is 0 Å². The Morgan fingerprint density at radius 2 is 2.00 bits per heavy atom. The maximum absolute atomic E-state index is 11.6. The minimum atomic E-state index is -0.461. The monoisotopic (exact) mass is 276 g/mol. The molecule has 1 aliphatic heterocycles. The van der Waals surface area contributed by atoms with Gasteiger partial charge in [-0.2, -0.15) is 0 Å². The van der Waals surface area contributed by atoms with Gasteiger partial charge in [-0.05, 0) is 46.7 Å². The van der Waals surface area contributed by atoms with Crippen molar-refractivity contribution in [3.05, 3.63) is 0 Å². The van der Waals surface area contributed by atoms with E-state index in [0.29, 0.717) is 6.04 Å². The van der Waals surface area contributed by atoms with Gasteiger partial charge < -0.3 is 5.32 Å². The zero-order valence-corrected chi connectivity index (χ0v) is 11.4. The van der Waals surface area contributed by atoms with Crippen molar-refractivity contribution in [2.24, 2.45) is 0 Å². The Balaban J connectivity index is 2.27. The maximum Gasteiger partial charge on any atom is 0.236 e. The Morgan fingerprint density at radius 3 is 2.47 bits per heavy atom. The summed E-state index contributed by atoms with van der Waals surface area (Å²) in [6.07, 6.45) is 2.59. The molecule has 1 unspecified atom stereocenters. The predicted molar refractivity (Wildman–Crippen MR) is 66.3 cm³/mol. The number of rotatable bonds is 4. The van der Waals surface area contributed by atoms with Crippen molar-refractivity contribution in [2.75, 3.05) is 19.6 Å². The average molecular weight is 277 g/mol. The zero-order valence-electron chi connectivity index (χ0n) is 9.85. The van der Waals surface area contributed by atoms with E-state index in [9.17, 15) is 4.79 Å². The lowest BCUT2D eigenvalue weighted by Crippen LogP contribution is -2.45. The second-order valence-electron chi connectivity index (χ2n) is 4.77. The molecule has 0 aromatic rings. The molecule has 0 spiro atoms. The number of hydrogen-bond donors (Lipinski definition) is 1. The largest absolute Gasteiger partial charge is 0.353 e. The lowest BCUT2D eigenvalue weighted by atomic mass is 10.2. The molecule has 0 saturated carbocycles. The van der Waals surface area contributed by atoms with Crippen LogP contribution in [0.5, 0.6) is 0 Å².